The van der Waals surface area contributed by atoms with Crippen LogP contribution in [-0.4, -0.2) is 25.5 Å². The quantitative estimate of drug-likeness (QED) is 0.195. The van der Waals surface area contributed by atoms with Crippen molar-refractivity contribution in [2.24, 2.45) is 0 Å². The highest BCUT2D eigenvalue weighted by Crippen LogP contribution is 2.39. The SMILES string of the molecule is Cc1cc(Cc2cc(Cc3cc(C)c(O)c(C)c3)c(O)c(Cc3cc(C)c(O)c(C)c3)c2O)cc(C)c1O. The number of aryl methyl sites for hydroxylation is 6. The number of aromatic hydroxyl groups is 5. The second kappa shape index (κ2) is 10.3. The minimum Gasteiger partial charge on any atom is -0.507 e. The van der Waals surface area contributed by atoms with Crippen molar-refractivity contribution in [3.63, 3.8) is 0 Å². The molecule has 0 atom stereocenters. The second-order valence-electron chi connectivity index (χ2n) is 10.6. The minimum absolute atomic E-state index is 0.0380. The Morgan fingerprint density at radius 1 is 0.368 bits per heavy atom. The van der Waals surface area contributed by atoms with Crippen LogP contribution in [0.5, 0.6) is 28.7 Å². The summed E-state index contributed by atoms with van der Waals surface area (Å²) in [5, 5.41) is 53.5. The fourth-order valence-corrected chi connectivity index (χ4v) is 5.37. The Hall–Kier alpha value is -4.12. The van der Waals surface area contributed by atoms with Gasteiger partial charge in [0.25, 0.3) is 0 Å². The lowest BCUT2D eigenvalue weighted by Crippen LogP contribution is -2.02. The summed E-state index contributed by atoms with van der Waals surface area (Å²) in [6, 6.07) is 13.2. The van der Waals surface area contributed by atoms with Gasteiger partial charge in [-0.25, -0.2) is 0 Å². The molecular weight excluding hydrogens is 476 g/mol. The third-order valence-electron chi connectivity index (χ3n) is 7.35. The average molecular weight is 513 g/mol. The summed E-state index contributed by atoms with van der Waals surface area (Å²) in [5.74, 6) is 0.849. The van der Waals surface area contributed by atoms with Gasteiger partial charge in [-0.15, -0.1) is 0 Å². The number of hydrogen-bond donors (Lipinski definition) is 5. The van der Waals surface area contributed by atoms with Crippen LogP contribution >= 0.6 is 0 Å². The van der Waals surface area contributed by atoms with Crippen LogP contribution in [0.15, 0.2) is 42.5 Å². The van der Waals surface area contributed by atoms with E-state index >= 15 is 0 Å². The maximum atomic E-state index is 11.4. The van der Waals surface area contributed by atoms with Crippen LogP contribution in [-0.2, 0) is 19.3 Å². The molecule has 5 heteroatoms. The highest BCUT2D eigenvalue weighted by Gasteiger charge is 2.20. The van der Waals surface area contributed by atoms with Gasteiger partial charge >= 0.3 is 0 Å². The van der Waals surface area contributed by atoms with E-state index < -0.39 is 0 Å². The number of phenolic OH excluding ortho intramolecular Hbond substituents is 5. The predicted octanol–water partition coefficient (Wildman–Crippen LogP) is 6.84. The van der Waals surface area contributed by atoms with Gasteiger partial charge in [-0.3, -0.25) is 0 Å². The van der Waals surface area contributed by atoms with Crippen molar-refractivity contribution in [1.82, 2.24) is 0 Å². The molecule has 0 heterocycles. The lowest BCUT2D eigenvalue weighted by atomic mass is 9.90. The molecule has 0 aromatic heterocycles. The van der Waals surface area contributed by atoms with Crippen molar-refractivity contribution in [1.29, 1.82) is 0 Å². The van der Waals surface area contributed by atoms with Crippen LogP contribution in [0, 0.1) is 41.5 Å². The zero-order valence-corrected chi connectivity index (χ0v) is 22.9. The molecule has 0 bridgehead atoms. The molecule has 5 nitrogen and oxygen atoms in total. The van der Waals surface area contributed by atoms with Gasteiger partial charge in [0.15, 0.2) is 0 Å². The van der Waals surface area contributed by atoms with E-state index in [2.05, 4.69) is 0 Å². The number of hydrogen-bond acceptors (Lipinski definition) is 5. The van der Waals surface area contributed by atoms with Gasteiger partial charge in [0.2, 0.25) is 0 Å². The van der Waals surface area contributed by atoms with Crippen molar-refractivity contribution in [3.8, 4) is 28.7 Å². The first kappa shape index (κ1) is 26.9. The maximum absolute atomic E-state index is 11.4. The van der Waals surface area contributed by atoms with Gasteiger partial charge in [0.05, 0.1) is 0 Å². The number of rotatable bonds is 6. The van der Waals surface area contributed by atoms with Crippen molar-refractivity contribution < 1.29 is 25.5 Å². The highest BCUT2D eigenvalue weighted by atomic mass is 16.3. The van der Waals surface area contributed by atoms with Gasteiger partial charge in [-0.1, -0.05) is 36.4 Å². The van der Waals surface area contributed by atoms with Gasteiger partial charge < -0.3 is 25.5 Å². The Kier molecular flexibility index (Phi) is 7.32. The van der Waals surface area contributed by atoms with E-state index in [-0.39, 0.29) is 28.7 Å². The lowest BCUT2D eigenvalue weighted by Gasteiger charge is -2.18. The molecule has 0 fully saturated rings. The van der Waals surface area contributed by atoms with E-state index in [1.165, 1.54) is 0 Å². The topological polar surface area (TPSA) is 101 Å². The van der Waals surface area contributed by atoms with E-state index in [1.54, 1.807) is 0 Å². The van der Waals surface area contributed by atoms with Crippen LogP contribution < -0.4 is 0 Å². The Balaban J connectivity index is 1.84. The first-order chi connectivity index (χ1) is 17.8. The van der Waals surface area contributed by atoms with Crippen LogP contribution in [0.3, 0.4) is 0 Å². The fraction of sp³-hybridized carbons (Fsp3) is 0.273. The zero-order valence-electron chi connectivity index (χ0n) is 22.9. The van der Waals surface area contributed by atoms with Gasteiger partial charge in [-0.05, 0) is 109 Å². The maximum Gasteiger partial charge on any atom is 0.126 e. The summed E-state index contributed by atoms with van der Waals surface area (Å²) in [4.78, 5) is 0. The molecule has 0 saturated heterocycles. The standard InChI is InChI=1S/C33H36O5/c1-17-7-23(8-18(2)29(17)34)13-26-16-27(14-24-9-19(3)30(35)20(4)10-24)33(38)28(32(26)37)15-25-11-21(5)31(36)22(6)12-25/h7-12,16,34-38H,13-15H2,1-6H3. The molecule has 0 aliphatic heterocycles. The van der Waals surface area contributed by atoms with Crippen LogP contribution in [0.2, 0.25) is 0 Å². The van der Waals surface area contributed by atoms with E-state index in [9.17, 15) is 25.5 Å². The summed E-state index contributed by atoms with van der Waals surface area (Å²) in [7, 11) is 0. The largest absolute Gasteiger partial charge is 0.507 e. The molecule has 4 aromatic carbocycles. The molecular formula is C33H36O5. The molecule has 0 amide bonds. The summed E-state index contributed by atoms with van der Waals surface area (Å²) in [6.45, 7) is 11.1. The molecule has 5 N–H and O–H groups in total. The summed E-state index contributed by atoms with van der Waals surface area (Å²) in [5.41, 5.74) is 9.10. The number of benzene rings is 4. The summed E-state index contributed by atoms with van der Waals surface area (Å²) in [6.07, 6.45) is 1.15. The zero-order chi connectivity index (χ0) is 27.9. The van der Waals surface area contributed by atoms with E-state index in [4.69, 9.17) is 0 Å². The molecule has 0 radical (unpaired) electrons. The highest BCUT2D eigenvalue weighted by molar-refractivity contribution is 5.58. The minimum atomic E-state index is 0.0380. The molecule has 0 aliphatic carbocycles. The third kappa shape index (κ3) is 5.28. The van der Waals surface area contributed by atoms with E-state index in [0.29, 0.717) is 36.0 Å². The van der Waals surface area contributed by atoms with Gasteiger partial charge in [0, 0.05) is 24.8 Å². The first-order valence-electron chi connectivity index (χ1n) is 12.8. The van der Waals surface area contributed by atoms with Crippen LogP contribution in [0.4, 0.5) is 0 Å². The molecule has 4 aromatic rings. The van der Waals surface area contributed by atoms with Crippen molar-refractivity contribution in [2.75, 3.05) is 0 Å². The molecule has 0 aliphatic rings. The summed E-state index contributed by atoms with van der Waals surface area (Å²) >= 11 is 0. The lowest BCUT2D eigenvalue weighted by molar-refractivity contribution is 0.433. The fourth-order valence-electron chi connectivity index (χ4n) is 5.37. The molecule has 0 saturated carbocycles. The number of phenols is 5. The molecule has 0 unspecified atom stereocenters. The monoisotopic (exact) mass is 512 g/mol. The van der Waals surface area contributed by atoms with E-state index in [0.717, 1.165) is 50.1 Å². The van der Waals surface area contributed by atoms with E-state index in [1.807, 2.05) is 84.0 Å². The average Bonchev–Trinajstić information content (AvgIpc) is 2.84. The Labute approximate surface area is 224 Å². The second-order valence-corrected chi connectivity index (χ2v) is 10.6. The normalized spacial score (nSPS) is 11.2. The molecule has 198 valence electrons. The van der Waals surface area contributed by atoms with Crippen molar-refractivity contribution in [3.05, 3.63) is 109 Å². The first-order valence-corrected chi connectivity index (χ1v) is 12.8. The van der Waals surface area contributed by atoms with Crippen molar-refractivity contribution >= 4 is 0 Å². The summed E-state index contributed by atoms with van der Waals surface area (Å²) < 4.78 is 0. The Morgan fingerprint density at radius 2 is 0.632 bits per heavy atom. The smallest absolute Gasteiger partial charge is 0.126 e. The molecule has 38 heavy (non-hydrogen) atoms. The Morgan fingerprint density at radius 3 is 0.921 bits per heavy atom. The Bertz CT molecular complexity index is 1400. The van der Waals surface area contributed by atoms with Crippen LogP contribution in [0.25, 0.3) is 0 Å². The van der Waals surface area contributed by atoms with Crippen molar-refractivity contribution in [2.45, 2.75) is 60.8 Å². The predicted molar refractivity (Wildman–Crippen MR) is 151 cm³/mol. The van der Waals surface area contributed by atoms with Crippen LogP contribution in [0.1, 0.15) is 66.8 Å². The van der Waals surface area contributed by atoms with Gasteiger partial charge in [0.1, 0.15) is 28.7 Å². The third-order valence-corrected chi connectivity index (χ3v) is 7.35. The molecule has 0 spiro atoms. The molecule has 4 rings (SSSR count). The van der Waals surface area contributed by atoms with Gasteiger partial charge in [-0.2, -0.15) is 0 Å².